The summed E-state index contributed by atoms with van der Waals surface area (Å²) < 4.78 is 9.62. The van der Waals surface area contributed by atoms with E-state index < -0.39 is 5.41 Å². The quantitative estimate of drug-likeness (QED) is 0.166. The first-order valence-corrected chi connectivity index (χ1v) is 23.5. The van der Waals surface area contributed by atoms with Gasteiger partial charge in [0, 0.05) is 37.3 Å². The van der Waals surface area contributed by atoms with E-state index in [-0.39, 0.29) is 0 Å². The van der Waals surface area contributed by atoms with Crippen LogP contribution in [0.15, 0.2) is 241 Å². The molecule has 2 heterocycles. The smallest absolute Gasteiger partial charge is 0.159 e. The fourth-order valence-corrected chi connectivity index (χ4v) is 12.6. The van der Waals surface area contributed by atoms with Crippen molar-refractivity contribution in [2.24, 2.45) is 0 Å². The Balaban J connectivity index is 0.996. The summed E-state index contributed by atoms with van der Waals surface area (Å²) in [6.45, 7) is 0. The van der Waals surface area contributed by atoms with E-state index in [1.54, 1.807) is 0 Å². The molecule has 0 unspecified atom stereocenters. The third-order valence-electron chi connectivity index (χ3n) is 14.1. The number of benzene rings is 11. The molecule has 0 saturated heterocycles. The minimum absolute atomic E-state index is 0.466. The summed E-state index contributed by atoms with van der Waals surface area (Å²) in [6, 6.07) is 86.8. The van der Waals surface area contributed by atoms with Crippen molar-refractivity contribution in [1.82, 2.24) is 0 Å². The van der Waals surface area contributed by atoms with Crippen LogP contribution >= 0.6 is 11.3 Å². The molecule has 11 aromatic carbocycles. The summed E-state index contributed by atoms with van der Waals surface area (Å²) in [6.07, 6.45) is 0. The van der Waals surface area contributed by atoms with E-state index >= 15 is 0 Å². The number of nitrogens with zero attached hydrogens (tertiary/aromatic N) is 1. The summed E-state index contributed by atoms with van der Waals surface area (Å²) in [5, 5.41) is 9.57. The van der Waals surface area contributed by atoms with Gasteiger partial charge in [-0.15, -0.1) is 11.3 Å². The minimum atomic E-state index is -0.466. The predicted octanol–water partition coefficient (Wildman–Crippen LogP) is 17.8. The molecule has 13 aromatic rings. The highest BCUT2D eigenvalue weighted by molar-refractivity contribution is 7.27. The zero-order valence-electron chi connectivity index (χ0n) is 35.8. The van der Waals surface area contributed by atoms with E-state index in [0.29, 0.717) is 0 Å². The largest absolute Gasteiger partial charge is 0.453 e. The lowest BCUT2D eigenvalue weighted by Crippen LogP contribution is -2.28. The molecule has 14 rings (SSSR count). The van der Waals surface area contributed by atoms with Crippen molar-refractivity contribution in [3.63, 3.8) is 0 Å². The molecular weight excluding hydrogens is 819 g/mol. The lowest BCUT2D eigenvalue weighted by Gasteiger charge is -2.34. The first-order valence-electron chi connectivity index (χ1n) is 22.7. The van der Waals surface area contributed by atoms with Crippen molar-refractivity contribution < 1.29 is 4.42 Å². The fraction of sp³-hybridized carbons (Fsp3) is 0.0159. The van der Waals surface area contributed by atoms with Crippen LogP contribution in [0.25, 0.3) is 85.9 Å². The van der Waals surface area contributed by atoms with Crippen LogP contribution in [0, 0.1) is 0 Å². The topological polar surface area (TPSA) is 16.4 Å². The lowest BCUT2D eigenvalue weighted by atomic mass is 9.67. The Kier molecular flexibility index (Phi) is 8.10. The normalized spacial score (nSPS) is 13.0. The number of anilines is 3. The summed E-state index contributed by atoms with van der Waals surface area (Å²) in [5.41, 5.74) is 14.6. The molecule has 0 aliphatic heterocycles. The Morgan fingerprint density at radius 2 is 0.894 bits per heavy atom. The van der Waals surface area contributed by atoms with E-state index in [1.807, 2.05) is 11.3 Å². The fourth-order valence-electron chi connectivity index (χ4n) is 11.3. The number of hydrogen-bond donors (Lipinski definition) is 0. The average Bonchev–Trinajstić information content (AvgIpc) is 4.07. The number of thiophene rings is 1. The van der Waals surface area contributed by atoms with Gasteiger partial charge in [0.25, 0.3) is 0 Å². The molecule has 0 atom stereocenters. The van der Waals surface area contributed by atoms with Crippen LogP contribution in [0.4, 0.5) is 17.1 Å². The third-order valence-corrected chi connectivity index (χ3v) is 15.4. The van der Waals surface area contributed by atoms with Crippen LogP contribution in [-0.2, 0) is 5.41 Å². The van der Waals surface area contributed by atoms with E-state index in [0.717, 1.165) is 44.4 Å². The minimum Gasteiger partial charge on any atom is -0.453 e. The first-order chi connectivity index (χ1) is 32.8. The molecule has 0 radical (unpaired) electrons. The highest BCUT2D eigenvalue weighted by Gasteiger charge is 2.46. The zero-order chi connectivity index (χ0) is 43.3. The van der Waals surface area contributed by atoms with Gasteiger partial charge in [0.1, 0.15) is 5.58 Å². The van der Waals surface area contributed by atoms with Gasteiger partial charge < -0.3 is 9.32 Å². The molecule has 1 aliphatic carbocycles. The van der Waals surface area contributed by atoms with Gasteiger partial charge in [-0.05, 0) is 91.0 Å². The van der Waals surface area contributed by atoms with Gasteiger partial charge in [0.05, 0.1) is 21.5 Å². The molecule has 2 nitrogen and oxygen atoms in total. The Labute approximate surface area is 385 Å². The molecule has 3 heteroatoms. The van der Waals surface area contributed by atoms with Crippen molar-refractivity contribution in [1.29, 1.82) is 0 Å². The maximum Gasteiger partial charge on any atom is 0.159 e. The Morgan fingerprint density at radius 1 is 0.348 bits per heavy atom. The number of fused-ring (bicyclic) bond motifs is 13. The van der Waals surface area contributed by atoms with Gasteiger partial charge in [0.15, 0.2) is 5.58 Å². The highest BCUT2D eigenvalue weighted by Crippen LogP contribution is 2.58. The van der Waals surface area contributed by atoms with Crippen LogP contribution in [0.1, 0.15) is 22.3 Å². The van der Waals surface area contributed by atoms with Crippen molar-refractivity contribution in [3.8, 4) is 22.3 Å². The van der Waals surface area contributed by atoms with Gasteiger partial charge >= 0.3 is 0 Å². The molecule has 0 saturated carbocycles. The van der Waals surface area contributed by atoms with Gasteiger partial charge in [-0.3, -0.25) is 0 Å². The second kappa shape index (κ2) is 14.4. The molecule has 66 heavy (non-hydrogen) atoms. The van der Waals surface area contributed by atoms with Crippen molar-refractivity contribution in [3.05, 3.63) is 259 Å². The second-order valence-corrected chi connectivity index (χ2v) is 18.5. The van der Waals surface area contributed by atoms with Gasteiger partial charge in [-0.25, -0.2) is 0 Å². The number of rotatable bonds is 6. The van der Waals surface area contributed by atoms with E-state index in [1.165, 1.54) is 80.8 Å². The van der Waals surface area contributed by atoms with E-state index in [9.17, 15) is 0 Å². The maximum atomic E-state index is 7.08. The standard InChI is InChI=1S/C63H39NOS/c1-3-18-43(19-4-1)63(44-20-5-2-6-21-44)54-28-12-11-24-53(54)58-46(25-13-29-55(58)63)42-32-36-45(37-33-42)64(56-30-14-26-49-50-38-34-40-16-7-9-22-47(40)59(50)65-60(49)56)57-31-15-27-51-52-39-35-41-17-8-10-23-48(41)61(52)66-62(51)57/h1-39H. The molecule has 0 spiro atoms. The third kappa shape index (κ3) is 5.23. The zero-order valence-corrected chi connectivity index (χ0v) is 36.6. The molecule has 0 bridgehead atoms. The predicted molar refractivity (Wildman–Crippen MR) is 279 cm³/mol. The second-order valence-electron chi connectivity index (χ2n) is 17.5. The highest BCUT2D eigenvalue weighted by atomic mass is 32.1. The van der Waals surface area contributed by atoms with Crippen molar-refractivity contribution in [2.75, 3.05) is 4.90 Å². The van der Waals surface area contributed by atoms with E-state index in [2.05, 4.69) is 241 Å². The molecule has 308 valence electrons. The van der Waals surface area contributed by atoms with Crippen LogP contribution in [-0.4, -0.2) is 0 Å². The summed E-state index contributed by atoms with van der Waals surface area (Å²) in [5.74, 6) is 0. The van der Waals surface area contributed by atoms with Gasteiger partial charge in [-0.2, -0.15) is 0 Å². The van der Waals surface area contributed by atoms with Crippen molar-refractivity contribution >= 4 is 92.1 Å². The summed E-state index contributed by atoms with van der Waals surface area (Å²) in [7, 11) is 0. The Bertz CT molecular complexity index is 3860. The first kappa shape index (κ1) is 37.2. The SMILES string of the molecule is c1ccc(C2(c3ccccc3)c3ccccc3-c3c(-c4ccc(N(c5cccc6c5oc5c7ccccc7ccc65)c5cccc6c5sc5c7ccccc7ccc65)cc4)cccc32)cc1. The average molecular weight is 858 g/mol. The van der Waals surface area contributed by atoms with E-state index in [4.69, 9.17) is 4.42 Å². The monoisotopic (exact) mass is 857 g/mol. The van der Waals surface area contributed by atoms with Gasteiger partial charge in [0.2, 0.25) is 0 Å². The summed E-state index contributed by atoms with van der Waals surface area (Å²) in [4.78, 5) is 2.43. The molecule has 0 fully saturated rings. The van der Waals surface area contributed by atoms with Crippen LogP contribution < -0.4 is 4.90 Å². The van der Waals surface area contributed by atoms with Crippen LogP contribution in [0.2, 0.25) is 0 Å². The molecule has 0 amide bonds. The lowest BCUT2D eigenvalue weighted by molar-refractivity contribution is 0.673. The molecule has 1 aliphatic rings. The molecule has 0 N–H and O–H groups in total. The number of furan rings is 1. The summed E-state index contributed by atoms with van der Waals surface area (Å²) >= 11 is 1.88. The molecular formula is C63H39NOS. The van der Waals surface area contributed by atoms with Crippen LogP contribution in [0.5, 0.6) is 0 Å². The van der Waals surface area contributed by atoms with Crippen LogP contribution in [0.3, 0.4) is 0 Å². The number of hydrogen-bond acceptors (Lipinski definition) is 3. The Morgan fingerprint density at radius 3 is 1.67 bits per heavy atom. The van der Waals surface area contributed by atoms with Gasteiger partial charge in [-0.1, -0.05) is 206 Å². The Hall–Kier alpha value is -8.24. The van der Waals surface area contributed by atoms with Crippen molar-refractivity contribution in [2.45, 2.75) is 5.41 Å². The molecule has 2 aromatic heterocycles. The number of para-hydroxylation sites is 1. The maximum absolute atomic E-state index is 7.08.